The van der Waals surface area contributed by atoms with Crippen LogP contribution in [0.25, 0.3) is 0 Å². The van der Waals surface area contributed by atoms with E-state index in [0.717, 1.165) is 15.7 Å². The number of pyridine rings is 1. The number of carbonyl (C=O) groups excluding carboxylic acids is 1. The van der Waals surface area contributed by atoms with Gasteiger partial charge in [-0.05, 0) is 35.9 Å². The van der Waals surface area contributed by atoms with Crippen molar-refractivity contribution in [2.45, 2.75) is 25.1 Å². The Morgan fingerprint density at radius 3 is 2.33 bits per heavy atom. The van der Waals surface area contributed by atoms with E-state index in [1.807, 2.05) is 30.3 Å². The molecule has 4 aromatic rings. The predicted octanol–water partition coefficient (Wildman–Crippen LogP) is -0.375. The van der Waals surface area contributed by atoms with Crippen LogP contribution in [0, 0.1) is 5.92 Å². The smallest absolute Gasteiger partial charge is 0.335 e. The lowest BCUT2D eigenvalue weighted by atomic mass is 9.40. The van der Waals surface area contributed by atoms with E-state index in [1.165, 1.54) is 11.7 Å². The van der Waals surface area contributed by atoms with Crippen LogP contribution in [0.15, 0.2) is 87.5 Å². The molecule has 13 heteroatoms. The molecule has 0 saturated heterocycles. The molecule has 0 saturated carbocycles. The lowest BCUT2D eigenvalue weighted by Gasteiger charge is -2.19. The van der Waals surface area contributed by atoms with Gasteiger partial charge in [0.05, 0.1) is 48.8 Å². The number of ether oxygens (including phenoxy) is 2. The van der Waals surface area contributed by atoms with Gasteiger partial charge in [-0.1, -0.05) is 47.9 Å². The van der Waals surface area contributed by atoms with Crippen molar-refractivity contribution in [3.63, 3.8) is 0 Å². The Hall–Kier alpha value is -4.54. The van der Waals surface area contributed by atoms with Crippen LogP contribution in [0.4, 0.5) is 5.69 Å². The van der Waals surface area contributed by atoms with Gasteiger partial charge in [0, 0.05) is 18.8 Å². The Balaban J connectivity index is 1.74. The number of aromatic amines is 1. The van der Waals surface area contributed by atoms with E-state index < -0.39 is 23.3 Å². The summed E-state index contributed by atoms with van der Waals surface area (Å²) >= 11 is 0. The van der Waals surface area contributed by atoms with E-state index in [9.17, 15) is 14.4 Å². The van der Waals surface area contributed by atoms with Crippen molar-refractivity contribution in [2.75, 3.05) is 7.11 Å². The molecular formula is C27H30B3N5O5. The number of nitrogens with one attached hydrogen (secondary N) is 1. The van der Waals surface area contributed by atoms with Gasteiger partial charge in [-0.25, -0.2) is 24.1 Å². The summed E-state index contributed by atoms with van der Waals surface area (Å²) in [6, 6.07) is 20.2. The molecular weight excluding hydrogens is 507 g/mol. The minimum absolute atomic E-state index is 0.0205. The van der Waals surface area contributed by atoms with Crippen molar-refractivity contribution < 1.29 is 14.3 Å². The van der Waals surface area contributed by atoms with Gasteiger partial charge in [0.1, 0.15) is 5.75 Å². The molecule has 202 valence electrons. The van der Waals surface area contributed by atoms with E-state index in [0.29, 0.717) is 17.3 Å². The average Bonchev–Trinajstić information content (AvgIpc) is 2.94. The average molecular weight is 537 g/mol. The molecule has 2 heterocycles. The van der Waals surface area contributed by atoms with Crippen LogP contribution in [0.5, 0.6) is 11.6 Å². The summed E-state index contributed by atoms with van der Waals surface area (Å²) in [6.07, 6.45) is 1.64. The summed E-state index contributed by atoms with van der Waals surface area (Å²) in [5.74, 6) is -0.197. The third kappa shape index (κ3) is 6.91. The first-order valence-corrected chi connectivity index (χ1v) is 12.9. The second-order valence-corrected chi connectivity index (χ2v) is 10.5. The molecule has 0 amide bonds. The molecule has 0 radical (unpaired) electrons. The molecule has 0 fully saturated rings. The summed E-state index contributed by atoms with van der Waals surface area (Å²) < 4.78 is 12.9. The monoisotopic (exact) mass is 537 g/mol. The summed E-state index contributed by atoms with van der Waals surface area (Å²) in [7, 11) is 7.65. The third-order valence-corrected chi connectivity index (χ3v) is 6.33. The molecule has 1 N–H and O–H groups in total. The Kier molecular flexibility index (Phi) is 8.62. The summed E-state index contributed by atoms with van der Waals surface area (Å²) in [6.45, 7) is 1.62. The zero-order valence-electron chi connectivity index (χ0n) is 23.2. The number of methoxy groups -OCH3 is 1. The summed E-state index contributed by atoms with van der Waals surface area (Å²) in [4.78, 5) is 50.0. The largest absolute Gasteiger partial charge is 0.469 e. The van der Waals surface area contributed by atoms with Crippen molar-refractivity contribution in [2.24, 2.45) is 10.9 Å². The van der Waals surface area contributed by atoms with Crippen LogP contribution >= 0.6 is 0 Å². The van der Waals surface area contributed by atoms with Gasteiger partial charge in [0.25, 0.3) is 0 Å². The molecule has 0 aliphatic rings. The fourth-order valence-corrected chi connectivity index (χ4v) is 4.03. The molecule has 40 heavy (non-hydrogen) atoms. The summed E-state index contributed by atoms with van der Waals surface area (Å²) in [5, 5.41) is -0.0205. The van der Waals surface area contributed by atoms with E-state index in [2.05, 4.69) is 38.5 Å². The first-order chi connectivity index (χ1) is 19.0. The molecule has 0 bridgehead atoms. The highest BCUT2D eigenvalue weighted by Gasteiger charge is 2.19. The molecule has 0 aliphatic heterocycles. The van der Waals surface area contributed by atoms with Crippen molar-refractivity contribution in [1.29, 1.82) is 0 Å². The number of hydrogen-bond acceptors (Lipinski definition) is 7. The topological polar surface area (TPSA) is 121 Å². The van der Waals surface area contributed by atoms with Gasteiger partial charge in [-0.2, -0.15) is 0 Å². The standard InChI is InChI=1S/C27H30B3N5O5/c1-17(23(36)39-2)15-35-25(37)33-24(32-20-10-12-21(13-11-20)40-22-5-3-4-14-31-22)34(26(35)38)16-18-6-8-19(9-7-18)27(28,29)30/h3-14,17H,15-16,28-30H2,1-2H3,(H,32,33,37)/t17-/m0/s1. The number of benzene rings is 2. The molecule has 0 unspecified atom stereocenters. The molecule has 2 aromatic heterocycles. The van der Waals surface area contributed by atoms with E-state index in [-0.39, 0.29) is 23.8 Å². The van der Waals surface area contributed by atoms with Gasteiger partial charge in [-0.15, -0.1) is 0 Å². The van der Waals surface area contributed by atoms with Gasteiger partial charge in [0.15, 0.2) is 0 Å². The molecule has 0 spiro atoms. The summed E-state index contributed by atoms with van der Waals surface area (Å²) in [5.41, 5.74) is 1.33. The lowest BCUT2D eigenvalue weighted by Crippen LogP contribution is -2.51. The number of hydrogen-bond donors (Lipinski definition) is 1. The first-order valence-electron chi connectivity index (χ1n) is 12.9. The van der Waals surface area contributed by atoms with Crippen LogP contribution < -0.4 is 21.7 Å². The Bertz CT molecular complexity index is 1660. The fraction of sp³-hybridized carbons (Fsp3) is 0.222. The lowest BCUT2D eigenvalue weighted by molar-refractivity contribution is -0.145. The maximum atomic E-state index is 13.6. The number of nitrogens with zero attached hydrogens (tertiary/aromatic N) is 4. The van der Waals surface area contributed by atoms with Crippen LogP contribution in [0.3, 0.4) is 0 Å². The van der Waals surface area contributed by atoms with Crippen LogP contribution in [-0.2, 0) is 27.7 Å². The highest BCUT2D eigenvalue weighted by Crippen LogP contribution is 2.22. The normalized spacial score (nSPS) is 12.6. The predicted molar refractivity (Wildman–Crippen MR) is 159 cm³/mol. The van der Waals surface area contributed by atoms with E-state index >= 15 is 0 Å². The maximum Gasteiger partial charge on any atom is 0.335 e. The molecule has 10 nitrogen and oxygen atoms in total. The number of H-pyrrole nitrogens is 1. The van der Waals surface area contributed by atoms with E-state index in [4.69, 9.17) is 9.47 Å². The van der Waals surface area contributed by atoms with Gasteiger partial charge >= 0.3 is 17.3 Å². The highest BCUT2D eigenvalue weighted by atomic mass is 16.5. The van der Waals surface area contributed by atoms with Crippen molar-refractivity contribution in [1.82, 2.24) is 19.1 Å². The maximum absolute atomic E-state index is 13.6. The third-order valence-electron chi connectivity index (χ3n) is 6.33. The van der Waals surface area contributed by atoms with Gasteiger partial charge in [-0.3, -0.25) is 14.3 Å². The Labute approximate surface area is 234 Å². The minimum atomic E-state index is -0.697. The SMILES string of the molecule is BC(B)(B)c1ccc(Cn2c(=O)n(C[C@H](C)C(=O)OC)c(=O)[nH]/c2=N\c2ccc(Oc3ccccn3)cc2)cc1. The molecule has 0 aliphatic carbocycles. The quantitative estimate of drug-likeness (QED) is 0.230. The highest BCUT2D eigenvalue weighted by molar-refractivity contribution is 6.58. The fourth-order valence-electron chi connectivity index (χ4n) is 4.03. The van der Waals surface area contributed by atoms with E-state index in [1.54, 1.807) is 49.5 Å². The zero-order chi connectivity index (χ0) is 28.9. The molecule has 4 rings (SSSR count). The Morgan fingerprint density at radius 2 is 1.73 bits per heavy atom. The van der Waals surface area contributed by atoms with Gasteiger partial charge < -0.3 is 9.47 Å². The van der Waals surface area contributed by atoms with Gasteiger partial charge in [0.2, 0.25) is 11.5 Å². The number of esters is 1. The molecule has 1 atom stereocenters. The van der Waals surface area contributed by atoms with Crippen molar-refractivity contribution >= 4 is 35.2 Å². The minimum Gasteiger partial charge on any atom is -0.469 e. The second kappa shape index (κ2) is 12.1. The first kappa shape index (κ1) is 28.5. The van der Waals surface area contributed by atoms with Crippen LogP contribution in [0.2, 0.25) is 0 Å². The molecule has 2 aromatic carbocycles. The Morgan fingerprint density at radius 1 is 1.02 bits per heavy atom. The number of rotatable bonds is 9. The van der Waals surface area contributed by atoms with Crippen LogP contribution in [-0.4, -0.2) is 55.7 Å². The van der Waals surface area contributed by atoms with Crippen molar-refractivity contribution in [3.05, 3.63) is 111 Å². The second-order valence-electron chi connectivity index (χ2n) is 10.5. The zero-order valence-corrected chi connectivity index (χ0v) is 23.2. The number of aromatic nitrogens is 4. The van der Waals surface area contributed by atoms with Crippen molar-refractivity contribution in [3.8, 4) is 11.6 Å². The number of carbonyl (C=O) groups is 1. The van der Waals surface area contributed by atoms with Crippen LogP contribution in [0.1, 0.15) is 18.1 Å².